The maximum Gasteiger partial charge on any atom is 0.258 e. The summed E-state index contributed by atoms with van der Waals surface area (Å²) in [4.78, 5) is 19.6. The van der Waals surface area contributed by atoms with Crippen LogP contribution >= 0.6 is 23.4 Å². The normalized spacial score (nSPS) is 11.2. The lowest BCUT2D eigenvalue weighted by Gasteiger charge is -2.08. The first-order valence-electron chi connectivity index (χ1n) is 8.35. The molecule has 1 N–H and O–H groups in total. The Morgan fingerprint density at radius 3 is 2.78 bits per heavy atom. The molecular weight excluding hydrogens is 382 g/mol. The largest absolute Gasteiger partial charge is 0.309 e. The molecule has 2 aromatic carbocycles. The van der Waals surface area contributed by atoms with Gasteiger partial charge in [0.05, 0.1) is 23.2 Å². The number of aromatic amines is 1. The Morgan fingerprint density at radius 1 is 1.15 bits per heavy atom. The molecule has 0 unspecified atom stereocenters. The van der Waals surface area contributed by atoms with Gasteiger partial charge >= 0.3 is 0 Å². The van der Waals surface area contributed by atoms with E-state index in [1.807, 2.05) is 25.1 Å². The molecular formula is C19H16ClN5OS. The lowest BCUT2D eigenvalue weighted by Crippen LogP contribution is -2.11. The van der Waals surface area contributed by atoms with Crippen molar-refractivity contribution in [1.82, 2.24) is 24.7 Å². The number of nitrogens with one attached hydrogen (secondary N) is 1. The van der Waals surface area contributed by atoms with Crippen LogP contribution in [-0.2, 0) is 12.3 Å². The number of fused-ring (bicyclic) bond motifs is 1. The average Bonchev–Trinajstić information content (AvgIpc) is 3.01. The van der Waals surface area contributed by atoms with E-state index in [9.17, 15) is 4.79 Å². The summed E-state index contributed by atoms with van der Waals surface area (Å²) >= 11 is 7.45. The number of benzene rings is 2. The third-order valence-corrected chi connectivity index (χ3v) is 5.35. The molecule has 2 heterocycles. The first kappa shape index (κ1) is 17.8. The van der Waals surface area contributed by atoms with Gasteiger partial charge in [0.2, 0.25) is 0 Å². The zero-order chi connectivity index (χ0) is 18.8. The van der Waals surface area contributed by atoms with Gasteiger partial charge in [-0.15, -0.1) is 10.2 Å². The molecule has 0 saturated heterocycles. The fourth-order valence-electron chi connectivity index (χ4n) is 2.78. The summed E-state index contributed by atoms with van der Waals surface area (Å²) in [5.41, 5.74) is 1.61. The van der Waals surface area contributed by atoms with Gasteiger partial charge in [-0.3, -0.25) is 4.79 Å². The predicted octanol–water partition coefficient (Wildman–Crippen LogP) is 3.82. The Bertz CT molecular complexity index is 1160. The van der Waals surface area contributed by atoms with Gasteiger partial charge in [0, 0.05) is 5.02 Å². The number of aromatic nitrogens is 5. The second kappa shape index (κ2) is 7.54. The Kier molecular flexibility index (Phi) is 4.96. The third kappa shape index (κ3) is 3.89. The number of H-pyrrole nitrogens is 1. The number of thioether (sulfide) groups is 1. The van der Waals surface area contributed by atoms with E-state index in [1.54, 1.807) is 18.2 Å². The molecule has 6 nitrogen and oxygen atoms in total. The second-order valence-electron chi connectivity index (χ2n) is 6.06. The maximum absolute atomic E-state index is 12.3. The number of aryl methyl sites for hydroxylation is 1. The molecule has 0 fully saturated rings. The van der Waals surface area contributed by atoms with E-state index in [0.29, 0.717) is 34.0 Å². The van der Waals surface area contributed by atoms with Crippen LogP contribution < -0.4 is 5.56 Å². The molecule has 2 aromatic heterocycles. The van der Waals surface area contributed by atoms with Crippen LogP contribution in [0.2, 0.25) is 5.02 Å². The van der Waals surface area contributed by atoms with Gasteiger partial charge in [-0.1, -0.05) is 53.7 Å². The lowest BCUT2D eigenvalue weighted by molar-refractivity contribution is 0.688. The summed E-state index contributed by atoms with van der Waals surface area (Å²) in [6.45, 7) is 2.63. The molecule has 4 rings (SSSR count). The summed E-state index contributed by atoms with van der Waals surface area (Å²) in [7, 11) is 0. The molecule has 0 spiro atoms. The van der Waals surface area contributed by atoms with Gasteiger partial charge < -0.3 is 9.55 Å². The average molecular weight is 398 g/mol. The number of rotatable bonds is 5. The first-order valence-corrected chi connectivity index (χ1v) is 9.71. The zero-order valence-corrected chi connectivity index (χ0v) is 16.1. The highest BCUT2D eigenvalue weighted by Crippen LogP contribution is 2.22. The predicted molar refractivity (Wildman–Crippen MR) is 107 cm³/mol. The number of hydrogen-bond acceptors (Lipinski definition) is 5. The smallest absolute Gasteiger partial charge is 0.258 e. The molecule has 136 valence electrons. The molecule has 4 aromatic rings. The molecule has 0 aliphatic heterocycles. The highest BCUT2D eigenvalue weighted by Gasteiger charge is 2.12. The van der Waals surface area contributed by atoms with Gasteiger partial charge in [-0.25, -0.2) is 4.98 Å². The van der Waals surface area contributed by atoms with E-state index in [0.717, 1.165) is 11.0 Å². The summed E-state index contributed by atoms with van der Waals surface area (Å²) in [5, 5.41) is 10.2. The zero-order valence-electron chi connectivity index (χ0n) is 14.5. The number of halogens is 1. The first-order chi connectivity index (χ1) is 13.1. The van der Waals surface area contributed by atoms with Crippen molar-refractivity contribution >= 4 is 34.3 Å². The summed E-state index contributed by atoms with van der Waals surface area (Å²) in [6.07, 6.45) is 0. The van der Waals surface area contributed by atoms with E-state index >= 15 is 0 Å². The molecule has 8 heteroatoms. The Labute approximate surface area is 164 Å². The van der Waals surface area contributed by atoms with Crippen molar-refractivity contribution < 1.29 is 0 Å². The van der Waals surface area contributed by atoms with E-state index in [2.05, 4.69) is 36.9 Å². The molecule has 0 aliphatic carbocycles. The van der Waals surface area contributed by atoms with Crippen LogP contribution in [0.25, 0.3) is 10.9 Å². The topological polar surface area (TPSA) is 76.5 Å². The molecule has 0 radical (unpaired) electrons. The summed E-state index contributed by atoms with van der Waals surface area (Å²) in [5.74, 6) is 1.92. The minimum absolute atomic E-state index is 0.194. The maximum atomic E-state index is 12.3. The van der Waals surface area contributed by atoms with Crippen LogP contribution in [0.15, 0.2) is 58.5 Å². The van der Waals surface area contributed by atoms with E-state index < -0.39 is 0 Å². The monoisotopic (exact) mass is 397 g/mol. The summed E-state index contributed by atoms with van der Waals surface area (Å²) < 4.78 is 2.05. The van der Waals surface area contributed by atoms with Crippen molar-refractivity contribution in [3.05, 3.63) is 81.1 Å². The highest BCUT2D eigenvalue weighted by molar-refractivity contribution is 7.98. The van der Waals surface area contributed by atoms with Crippen molar-refractivity contribution in [2.45, 2.75) is 24.4 Å². The van der Waals surface area contributed by atoms with Crippen molar-refractivity contribution in [3.8, 4) is 0 Å². The number of hydrogen-bond donors (Lipinski definition) is 1. The number of nitrogens with zero attached hydrogens (tertiary/aromatic N) is 4. The highest BCUT2D eigenvalue weighted by atomic mass is 35.5. The third-order valence-electron chi connectivity index (χ3n) is 4.14. The van der Waals surface area contributed by atoms with Crippen LogP contribution in [0, 0.1) is 6.92 Å². The van der Waals surface area contributed by atoms with Crippen LogP contribution in [0.1, 0.15) is 17.2 Å². The fraction of sp³-hybridized carbons (Fsp3) is 0.158. The van der Waals surface area contributed by atoms with Gasteiger partial charge in [-0.05, 0) is 30.7 Å². The van der Waals surface area contributed by atoms with E-state index in [4.69, 9.17) is 11.6 Å². The van der Waals surface area contributed by atoms with Crippen LogP contribution in [-0.4, -0.2) is 24.7 Å². The molecule has 0 atom stereocenters. The van der Waals surface area contributed by atoms with Crippen molar-refractivity contribution in [1.29, 1.82) is 0 Å². The Balaban J connectivity index is 1.57. The van der Waals surface area contributed by atoms with Gasteiger partial charge in [0.15, 0.2) is 5.16 Å². The SMILES string of the molecule is Cc1nnc(SCc2nc3ccc(Cl)cc3c(=O)[nH]2)n1Cc1ccccc1. The second-order valence-corrected chi connectivity index (χ2v) is 7.44. The van der Waals surface area contributed by atoms with Crippen LogP contribution in [0.4, 0.5) is 0 Å². The van der Waals surface area contributed by atoms with Crippen molar-refractivity contribution in [3.63, 3.8) is 0 Å². The van der Waals surface area contributed by atoms with Crippen molar-refractivity contribution in [2.24, 2.45) is 0 Å². The molecule has 0 aliphatic rings. The fourth-order valence-corrected chi connectivity index (χ4v) is 3.80. The Hall–Kier alpha value is -2.64. The molecule has 27 heavy (non-hydrogen) atoms. The molecule has 0 amide bonds. The van der Waals surface area contributed by atoms with Crippen LogP contribution in [0.5, 0.6) is 0 Å². The van der Waals surface area contributed by atoms with Crippen molar-refractivity contribution in [2.75, 3.05) is 0 Å². The summed E-state index contributed by atoms with van der Waals surface area (Å²) in [6, 6.07) is 15.3. The minimum atomic E-state index is -0.194. The van der Waals surface area contributed by atoms with Gasteiger partial charge in [-0.2, -0.15) is 0 Å². The van der Waals surface area contributed by atoms with Gasteiger partial charge in [0.1, 0.15) is 11.6 Å². The minimum Gasteiger partial charge on any atom is -0.309 e. The molecule has 0 saturated carbocycles. The Morgan fingerprint density at radius 2 is 1.96 bits per heavy atom. The standard InChI is InChI=1S/C19H16ClN5OS/c1-12-23-24-19(25(12)10-13-5-3-2-4-6-13)27-11-17-21-16-8-7-14(20)9-15(16)18(26)22-17/h2-9H,10-11H2,1H3,(H,21,22,26). The van der Waals surface area contributed by atoms with Gasteiger partial charge in [0.25, 0.3) is 5.56 Å². The quantitative estimate of drug-likeness (QED) is 0.518. The van der Waals surface area contributed by atoms with E-state index in [-0.39, 0.29) is 5.56 Å². The lowest BCUT2D eigenvalue weighted by atomic mass is 10.2. The van der Waals surface area contributed by atoms with E-state index in [1.165, 1.54) is 17.3 Å². The van der Waals surface area contributed by atoms with Crippen LogP contribution in [0.3, 0.4) is 0 Å². The molecule has 0 bridgehead atoms.